The molecule has 276 valence electrons. The van der Waals surface area contributed by atoms with Crippen LogP contribution in [0.5, 0.6) is 0 Å². The second kappa shape index (κ2) is 10.7. The van der Waals surface area contributed by atoms with Gasteiger partial charge in [-0.1, -0.05) is 134 Å². The third kappa shape index (κ3) is 4.28. The van der Waals surface area contributed by atoms with E-state index in [1.54, 1.807) is 0 Å². The zero-order valence-corrected chi connectivity index (χ0v) is 34.0. The van der Waals surface area contributed by atoms with Crippen molar-refractivity contribution in [2.75, 3.05) is 4.81 Å². The van der Waals surface area contributed by atoms with Gasteiger partial charge in [0.05, 0.1) is 11.0 Å². The summed E-state index contributed by atoms with van der Waals surface area (Å²) in [5, 5.41) is 4.93. The molecule has 0 saturated heterocycles. The largest absolute Gasteiger partial charge is 0.456 e. The Hall–Kier alpha value is -6.00. The first kappa shape index (κ1) is 33.2. The molecule has 0 spiro atoms. The molecule has 2 aliphatic heterocycles. The summed E-state index contributed by atoms with van der Waals surface area (Å²) >= 11 is 0. The lowest BCUT2D eigenvalue weighted by Crippen LogP contribution is -2.60. The van der Waals surface area contributed by atoms with Crippen LogP contribution in [-0.2, 0) is 16.2 Å². The summed E-state index contributed by atoms with van der Waals surface area (Å²) in [6.45, 7) is 18.6. The average Bonchev–Trinajstić information content (AvgIpc) is 3.80. The zero-order chi connectivity index (χ0) is 38.9. The first-order chi connectivity index (χ1) is 27.3. The van der Waals surface area contributed by atoms with Gasteiger partial charge in [0.2, 0.25) is 0 Å². The first-order valence-corrected chi connectivity index (χ1v) is 20.5. The highest BCUT2D eigenvalue weighted by Gasteiger charge is 2.45. The fraction of sp³-hybridized carbons (Fsp3) is 0.208. The maximum Gasteiger partial charge on any atom is 0.333 e. The Bertz CT molecular complexity index is 3230. The summed E-state index contributed by atoms with van der Waals surface area (Å²) in [7, 11) is 0. The van der Waals surface area contributed by atoms with Crippen LogP contribution in [-0.4, -0.2) is 11.4 Å². The van der Waals surface area contributed by atoms with Crippen molar-refractivity contribution in [2.45, 2.75) is 71.6 Å². The maximum atomic E-state index is 6.63. The van der Waals surface area contributed by atoms with E-state index in [0.29, 0.717) is 0 Å². The van der Waals surface area contributed by atoms with Crippen LogP contribution < -0.4 is 15.7 Å². The van der Waals surface area contributed by atoms with E-state index in [0.717, 1.165) is 21.9 Å². The molecular weight excluding hydrogens is 691 g/mol. The minimum Gasteiger partial charge on any atom is -0.456 e. The molecule has 0 fully saturated rings. The second-order valence-electron chi connectivity index (χ2n) is 19.4. The number of anilines is 2. The lowest BCUT2D eigenvalue weighted by atomic mass is 9.43. The van der Waals surface area contributed by atoms with Gasteiger partial charge >= 0.3 is 6.85 Å². The number of para-hydroxylation sites is 1. The summed E-state index contributed by atoms with van der Waals surface area (Å²) in [6.07, 6.45) is 0. The molecule has 0 atom stereocenters. The van der Waals surface area contributed by atoms with Gasteiger partial charge in [-0.3, -0.25) is 0 Å². The van der Waals surface area contributed by atoms with E-state index in [9.17, 15) is 0 Å². The number of nitrogens with zero attached hydrogens (tertiary/aromatic N) is 2. The van der Waals surface area contributed by atoms with Crippen LogP contribution in [0.4, 0.5) is 11.4 Å². The minimum atomic E-state index is -0.0971. The van der Waals surface area contributed by atoms with Crippen molar-refractivity contribution < 1.29 is 4.42 Å². The molecule has 2 aromatic heterocycles. The molecule has 4 heteroatoms. The molecule has 0 radical (unpaired) electrons. The molecule has 0 amide bonds. The summed E-state index contributed by atoms with van der Waals surface area (Å²) in [5.41, 5.74) is 21.4. The monoisotopic (exact) mass is 736 g/mol. The van der Waals surface area contributed by atoms with Crippen molar-refractivity contribution >= 4 is 72.9 Å². The van der Waals surface area contributed by atoms with Crippen LogP contribution in [0, 0.1) is 0 Å². The Morgan fingerprint density at radius 2 is 1.25 bits per heavy atom. The van der Waals surface area contributed by atoms with Gasteiger partial charge in [-0.2, -0.15) is 0 Å². The number of hydrogen-bond donors (Lipinski definition) is 0. The van der Waals surface area contributed by atoms with Crippen molar-refractivity contribution in [1.29, 1.82) is 0 Å². The topological polar surface area (TPSA) is 21.3 Å². The molecule has 57 heavy (non-hydrogen) atoms. The van der Waals surface area contributed by atoms with Crippen LogP contribution in [0.15, 0.2) is 132 Å². The summed E-state index contributed by atoms with van der Waals surface area (Å²) in [5.74, 6) is 0. The molecule has 0 N–H and O–H groups in total. The fourth-order valence-electron chi connectivity index (χ4n) is 10.7. The normalized spacial score (nSPS) is 15.1. The van der Waals surface area contributed by atoms with Crippen LogP contribution in [0.2, 0.25) is 0 Å². The zero-order valence-electron chi connectivity index (χ0n) is 34.0. The van der Waals surface area contributed by atoms with Crippen molar-refractivity contribution in [3.8, 4) is 27.9 Å². The molecular formula is C53H45BN2O. The molecule has 7 aromatic carbocycles. The molecule has 4 heterocycles. The van der Waals surface area contributed by atoms with E-state index in [-0.39, 0.29) is 23.1 Å². The second-order valence-corrected chi connectivity index (χ2v) is 19.4. The van der Waals surface area contributed by atoms with Gasteiger partial charge in [0, 0.05) is 55.7 Å². The predicted octanol–water partition coefficient (Wildman–Crippen LogP) is 12.8. The third-order valence-corrected chi connectivity index (χ3v) is 13.7. The fourth-order valence-corrected chi connectivity index (χ4v) is 10.7. The Labute approximate surface area is 334 Å². The van der Waals surface area contributed by atoms with Gasteiger partial charge < -0.3 is 13.8 Å². The number of fused-ring (bicyclic) bond motifs is 14. The Morgan fingerprint density at radius 3 is 2.04 bits per heavy atom. The molecule has 0 unspecified atom stereocenters. The van der Waals surface area contributed by atoms with E-state index in [1.807, 2.05) is 0 Å². The van der Waals surface area contributed by atoms with E-state index in [1.165, 1.54) is 94.3 Å². The lowest BCUT2D eigenvalue weighted by Gasteiger charge is -2.42. The molecule has 9 aromatic rings. The Morgan fingerprint density at radius 1 is 0.526 bits per heavy atom. The number of furan rings is 1. The summed E-state index contributed by atoms with van der Waals surface area (Å²) < 4.78 is 9.25. The van der Waals surface area contributed by atoms with Crippen LogP contribution in [0.25, 0.3) is 71.7 Å². The van der Waals surface area contributed by atoms with E-state index >= 15 is 0 Å². The van der Waals surface area contributed by atoms with Gasteiger partial charge in [-0.25, -0.2) is 0 Å². The van der Waals surface area contributed by atoms with Gasteiger partial charge in [0.25, 0.3) is 0 Å². The van der Waals surface area contributed by atoms with Gasteiger partial charge in [0.15, 0.2) is 0 Å². The summed E-state index contributed by atoms with van der Waals surface area (Å²) in [6, 6.07) is 48.7. The minimum absolute atomic E-state index is 0.0221. The highest BCUT2D eigenvalue weighted by Crippen LogP contribution is 2.53. The van der Waals surface area contributed by atoms with Crippen LogP contribution >= 0.6 is 0 Å². The SMILES string of the molecule is CC(C)(C)c1ccc(N2B3c4cc(C(C)(C)C)ccc4-n4c5cc6c(cc5c5ccc(c3c54)-c3cc4c(cc32)oc2ccccc24)-c2ccccc2C6(C)C)cc1. The average molecular weight is 737 g/mol. The van der Waals surface area contributed by atoms with Crippen molar-refractivity contribution in [3.05, 3.63) is 150 Å². The van der Waals surface area contributed by atoms with Crippen molar-refractivity contribution in [2.24, 2.45) is 0 Å². The van der Waals surface area contributed by atoms with Crippen LogP contribution in [0.3, 0.4) is 0 Å². The number of benzene rings is 7. The van der Waals surface area contributed by atoms with Gasteiger partial charge in [0.1, 0.15) is 11.2 Å². The number of hydrogen-bond acceptors (Lipinski definition) is 2. The molecule has 3 nitrogen and oxygen atoms in total. The van der Waals surface area contributed by atoms with Gasteiger partial charge in [-0.05, 0) is 103 Å². The van der Waals surface area contributed by atoms with Crippen LogP contribution in [0.1, 0.15) is 77.6 Å². The number of aromatic nitrogens is 1. The maximum absolute atomic E-state index is 6.63. The molecule has 3 aliphatic rings. The molecule has 1 aliphatic carbocycles. The highest BCUT2D eigenvalue weighted by molar-refractivity contribution is 6.93. The molecule has 0 bridgehead atoms. The van der Waals surface area contributed by atoms with Crippen molar-refractivity contribution in [1.82, 2.24) is 4.57 Å². The number of rotatable bonds is 1. The van der Waals surface area contributed by atoms with Gasteiger partial charge in [-0.15, -0.1) is 0 Å². The first-order valence-electron chi connectivity index (χ1n) is 20.5. The predicted molar refractivity (Wildman–Crippen MR) is 242 cm³/mol. The highest BCUT2D eigenvalue weighted by atomic mass is 16.3. The van der Waals surface area contributed by atoms with E-state index in [4.69, 9.17) is 4.42 Å². The standard InChI is InChI=1S/C53H45BN2O/c1-51(2,3)30-17-20-32(21-18-30)56-46-29-48-40(34-14-10-12-16-47(34)57-48)27-38(46)35-22-23-36-39-26-37-33-13-9-11-15-41(33)53(7,8)42(37)28-45(39)55-44-24-19-31(52(4,5)6)25-43(44)54(56)49(35)50(36)55/h9-29H,1-8H3. The summed E-state index contributed by atoms with van der Waals surface area (Å²) in [4.78, 5) is 2.63. The van der Waals surface area contributed by atoms with E-state index in [2.05, 4.69) is 192 Å². The van der Waals surface area contributed by atoms with E-state index < -0.39 is 0 Å². The smallest absolute Gasteiger partial charge is 0.333 e. The molecule has 12 rings (SSSR count). The molecule has 0 saturated carbocycles. The lowest BCUT2D eigenvalue weighted by molar-refractivity contribution is 0.590. The third-order valence-electron chi connectivity index (χ3n) is 13.7. The Kier molecular flexibility index (Phi) is 6.22. The quantitative estimate of drug-likeness (QED) is 0.157. The Balaban J connectivity index is 1.24. The van der Waals surface area contributed by atoms with Crippen molar-refractivity contribution in [3.63, 3.8) is 0 Å².